The number of hydrogen-bond acceptors (Lipinski definition) is 3. The fraction of sp³-hybridized carbons (Fsp3) is 0.474. The maximum atomic E-state index is 13.6. The van der Waals surface area contributed by atoms with E-state index in [1.54, 1.807) is 29.1 Å². The summed E-state index contributed by atoms with van der Waals surface area (Å²) >= 11 is 0. The van der Waals surface area contributed by atoms with Crippen LogP contribution in [-0.4, -0.2) is 40.3 Å². The average Bonchev–Trinajstić information content (AvgIpc) is 3.04. The van der Waals surface area contributed by atoms with Crippen molar-refractivity contribution in [3.8, 4) is 5.75 Å². The number of benzene rings is 1. The Bertz CT molecular complexity index is 716. The van der Waals surface area contributed by atoms with Crippen molar-refractivity contribution < 1.29 is 13.9 Å². The third kappa shape index (κ3) is 4.59. The van der Waals surface area contributed by atoms with Gasteiger partial charge in [-0.1, -0.05) is 12.1 Å². The number of halogens is 1. The number of aromatic nitrogens is 2. The Morgan fingerprint density at radius 3 is 2.96 bits per heavy atom. The highest BCUT2D eigenvalue weighted by Gasteiger charge is 2.24. The van der Waals surface area contributed by atoms with Crippen LogP contribution in [0.1, 0.15) is 25.0 Å². The topological polar surface area (TPSA) is 47.4 Å². The molecule has 3 rings (SSSR count). The third-order valence-corrected chi connectivity index (χ3v) is 4.70. The highest BCUT2D eigenvalue weighted by atomic mass is 19.1. The number of amides is 1. The van der Waals surface area contributed by atoms with Crippen LogP contribution in [0.2, 0.25) is 0 Å². The zero-order chi connectivity index (χ0) is 17.6. The van der Waals surface area contributed by atoms with Crippen molar-refractivity contribution in [1.82, 2.24) is 14.7 Å². The largest absolute Gasteiger partial charge is 0.490 e. The quantitative estimate of drug-likeness (QED) is 0.809. The van der Waals surface area contributed by atoms with Gasteiger partial charge in [0.05, 0.1) is 6.61 Å². The van der Waals surface area contributed by atoms with E-state index >= 15 is 0 Å². The molecule has 25 heavy (non-hydrogen) atoms. The minimum atomic E-state index is -0.345. The Morgan fingerprint density at radius 1 is 1.36 bits per heavy atom. The van der Waals surface area contributed by atoms with Gasteiger partial charge >= 0.3 is 0 Å². The summed E-state index contributed by atoms with van der Waals surface area (Å²) in [4.78, 5) is 14.4. The summed E-state index contributed by atoms with van der Waals surface area (Å²) in [6.07, 6.45) is 4.89. The molecule has 0 bridgehead atoms. The molecule has 0 radical (unpaired) electrons. The molecule has 1 amide bonds. The zero-order valence-electron chi connectivity index (χ0n) is 14.5. The van der Waals surface area contributed by atoms with Crippen molar-refractivity contribution in [3.63, 3.8) is 0 Å². The van der Waals surface area contributed by atoms with Crippen molar-refractivity contribution in [1.29, 1.82) is 0 Å². The number of carbonyl (C=O) groups is 1. The van der Waals surface area contributed by atoms with Crippen LogP contribution in [0.5, 0.6) is 5.75 Å². The van der Waals surface area contributed by atoms with E-state index in [1.165, 1.54) is 6.07 Å². The molecule has 1 saturated heterocycles. The van der Waals surface area contributed by atoms with Gasteiger partial charge in [0.25, 0.3) is 0 Å². The standard InChI is InChI=1S/C19H24FN3O2/c1-22-16(10-11-21-22)8-9-19(24)23-12-4-5-15(13-23)14-25-18-7-3-2-6-17(18)20/h2-3,6-7,10-11,15H,4-5,8-9,12-14H2,1H3/t15-/m1/s1. The van der Waals surface area contributed by atoms with Crippen LogP contribution in [0.15, 0.2) is 36.5 Å². The Morgan fingerprint density at radius 2 is 2.20 bits per heavy atom. The molecule has 0 spiro atoms. The molecule has 0 saturated carbocycles. The molecule has 0 aliphatic carbocycles. The van der Waals surface area contributed by atoms with Gasteiger partial charge in [0.1, 0.15) is 0 Å². The van der Waals surface area contributed by atoms with Crippen LogP contribution in [0, 0.1) is 11.7 Å². The minimum absolute atomic E-state index is 0.164. The Labute approximate surface area is 147 Å². The first-order valence-corrected chi connectivity index (χ1v) is 8.75. The normalized spacial score (nSPS) is 17.5. The number of aryl methyl sites for hydroxylation is 2. The number of piperidine rings is 1. The summed E-state index contributed by atoms with van der Waals surface area (Å²) in [6.45, 7) is 1.91. The molecule has 1 aliphatic heterocycles. The highest BCUT2D eigenvalue weighted by Crippen LogP contribution is 2.21. The number of para-hydroxylation sites is 1. The Hall–Kier alpha value is -2.37. The van der Waals surface area contributed by atoms with E-state index in [0.29, 0.717) is 26.0 Å². The Balaban J connectivity index is 1.48. The zero-order valence-corrected chi connectivity index (χ0v) is 14.5. The molecule has 1 aromatic carbocycles. The number of ether oxygens (including phenoxy) is 1. The van der Waals surface area contributed by atoms with Gasteiger partial charge in [0.2, 0.25) is 5.91 Å². The van der Waals surface area contributed by atoms with E-state index in [9.17, 15) is 9.18 Å². The van der Waals surface area contributed by atoms with Crippen molar-refractivity contribution in [2.75, 3.05) is 19.7 Å². The lowest BCUT2D eigenvalue weighted by Gasteiger charge is -2.32. The molecule has 1 aromatic heterocycles. The molecule has 5 nitrogen and oxygen atoms in total. The van der Waals surface area contributed by atoms with Crippen molar-refractivity contribution in [3.05, 3.63) is 48.0 Å². The van der Waals surface area contributed by atoms with E-state index in [1.807, 2.05) is 18.0 Å². The maximum absolute atomic E-state index is 13.6. The second-order valence-electron chi connectivity index (χ2n) is 6.54. The second-order valence-corrected chi connectivity index (χ2v) is 6.54. The van der Waals surface area contributed by atoms with Gasteiger partial charge in [0.15, 0.2) is 11.6 Å². The van der Waals surface area contributed by atoms with E-state index in [-0.39, 0.29) is 23.4 Å². The molecule has 1 fully saturated rings. The van der Waals surface area contributed by atoms with Crippen LogP contribution >= 0.6 is 0 Å². The molecule has 134 valence electrons. The number of nitrogens with zero attached hydrogens (tertiary/aromatic N) is 3. The molecule has 6 heteroatoms. The summed E-state index contributed by atoms with van der Waals surface area (Å²) in [6, 6.07) is 8.37. The average molecular weight is 345 g/mol. The summed E-state index contributed by atoms with van der Waals surface area (Å²) in [7, 11) is 1.89. The smallest absolute Gasteiger partial charge is 0.222 e. The van der Waals surface area contributed by atoms with Crippen LogP contribution in [0.25, 0.3) is 0 Å². The summed E-state index contributed by atoms with van der Waals surface area (Å²) in [5.41, 5.74) is 1.06. The number of rotatable bonds is 6. The first kappa shape index (κ1) is 17.5. The SMILES string of the molecule is Cn1nccc1CCC(=O)N1CCC[C@@H](COc2ccccc2F)C1. The molecule has 0 N–H and O–H groups in total. The number of carbonyl (C=O) groups excluding carboxylic acids is 1. The van der Waals surface area contributed by atoms with Crippen LogP contribution < -0.4 is 4.74 Å². The lowest BCUT2D eigenvalue weighted by Crippen LogP contribution is -2.41. The summed E-state index contributed by atoms with van der Waals surface area (Å²) < 4.78 is 21.0. The van der Waals surface area contributed by atoms with Gasteiger partial charge in [-0.25, -0.2) is 4.39 Å². The summed E-state index contributed by atoms with van der Waals surface area (Å²) in [5.74, 6) is 0.343. The van der Waals surface area contributed by atoms with Crippen molar-refractivity contribution in [2.24, 2.45) is 13.0 Å². The molecular weight excluding hydrogens is 321 g/mol. The monoisotopic (exact) mass is 345 g/mol. The van der Waals surface area contributed by atoms with E-state index < -0.39 is 0 Å². The van der Waals surface area contributed by atoms with E-state index in [0.717, 1.165) is 25.1 Å². The predicted octanol–water partition coefficient (Wildman–Crippen LogP) is 2.81. The molecular formula is C19H24FN3O2. The third-order valence-electron chi connectivity index (χ3n) is 4.70. The van der Waals surface area contributed by atoms with Crippen LogP contribution in [0.3, 0.4) is 0 Å². The number of hydrogen-bond donors (Lipinski definition) is 0. The van der Waals surface area contributed by atoms with Gasteiger partial charge in [-0.2, -0.15) is 5.10 Å². The lowest BCUT2D eigenvalue weighted by molar-refractivity contribution is -0.133. The van der Waals surface area contributed by atoms with Crippen molar-refractivity contribution >= 4 is 5.91 Å². The molecule has 2 heterocycles. The minimum Gasteiger partial charge on any atom is -0.490 e. The van der Waals surface area contributed by atoms with Gasteiger partial charge in [-0.15, -0.1) is 0 Å². The first-order valence-electron chi connectivity index (χ1n) is 8.75. The van der Waals surface area contributed by atoms with E-state index in [2.05, 4.69) is 5.10 Å². The van der Waals surface area contributed by atoms with Gasteiger partial charge < -0.3 is 9.64 Å². The highest BCUT2D eigenvalue weighted by molar-refractivity contribution is 5.76. The van der Waals surface area contributed by atoms with E-state index in [4.69, 9.17) is 4.74 Å². The lowest BCUT2D eigenvalue weighted by atomic mass is 9.98. The molecule has 1 aliphatic rings. The second kappa shape index (κ2) is 8.14. The van der Waals surface area contributed by atoms with Gasteiger partial charge in [0, 0.05) is 44.4 Å². The van der Waals surface area contributed by atoms with Crippen molar-refractivity contribution in [2.45, 2.75) is 25.7 Å². The van der Waals surface area contributed by atoms with Gasteiger partial charge in [-0.3, -0.25) is 9.48 Å². The maximum Gasteiger partial charge on any atom is 0.222 e. The summed E-state index contributed by atoms with van der Waals surface area (Å²) in [5, 5.41) is 4.12. The van der Waals surface area contributed by atoms with Crippen LogP contribution in [-0.2, 0) is 18.3 Å². The Kier molecular flexibility index (Phi) is 5.68. The molecule has 0 unspecified atom stereocenters. The fourth-order valence-electron chi connectivity index (χ4n) is 3.24. The number of likely N-dealkylation sites (tertiary alicyclic amines) is 1. The molecule has 1 atom stereocenters. The van der Waals surface area contributed by atoms with Gasteiger partial charge in [-0.05, 0) is 37.5 Å². The molecule has 2 aromatic rings. The fourth-order valence-corrected chi connectivity index (χ4v) is 3.24. The predicted molar refractivity (Wildman–Crippen MR) is 92.7 cm³/mol. The first-order chi connectivity index (χ1) is 12.1. The van der Waals surface area contributed by atoms with Crippen LogP contribution in [0.4, 0.5) is 4.39 Å².